The van der Waals surface area contributed by atoms with E-state index in [1.165, 1.54) is 0 Å². The summed E-state index contributed by atoms with van der Waals surface area (Å²) in [6.45, 7) is 5.90. The Morgan fingerprint density at radius 3 is 2.25 bits per heavy atom. The molecule has 0 unspecified atom stereocenters. The first-order valence-electron chi connectivity index (χ1n) is 5.40. The number of Topliss-reactive ketones (excluding diaryl/α,β-unsaturated/α-hetero) is 1. The van der Waals surface area contributed by atoms with E-state index in [9.17, 15) is 4.79 Å². The maximum absolute atomic E-state index is 11.6. The van der Waals surface area contributed by atoms with Crippen molar-refractivity contribution in [3.8, 4) is 0 Å². The van der Waals surface area contributed by atoms with Gasteiger partial charge in [-0.25, -0.2) is 0 Å². The molecule has 0 aliphatic rings. The first-order valence-corrected chi connectivity index (χ1v) is 8.22. The van der Waals surface area contributed by atoms with E-state index >= 15 is 0 Å². The summed E-state index contributed by atoms with van der Waals surface area (Å²) in [7, 11) is 0.941. The van der Waals surface area contributed by atoms with E-state index in [0.29, 0.717) is 5.71 Å². The van der Waals surface area contributed by atoms with Gasteiger partial charge >= 0.3 is 0 Å². The largest absolute Gasteiger partial charge is 0.330 e. The third-order valence-corrected chi connectivity index (χ3v) is 4.00. The quantitative estimate of drug-likeness (QED) is 0.453. The van der Waals surface area contributed by atoms with Gasteiger partial charge in [-0.3, -0.25) is 4.79 Å². The zero-order valence-electron chi connectivity index (χ0n) is 10.3. The van der Waals surface area contributed by atoms with E-state index in [1.54, 1.807) is 6.92 Å². The number of rotatable bonds is 4. The second-order valence-electron chi connectivity index (χ2n) is 4.04. The van der Waals surface area contributed by atoms with E-state index < -0.39 is 8.96 Å². The second kappa shape index (κ2) is 5.60. The molecule has 0 saturated carbocycles. The van der Waals surface area contributed by atoms with Crippen LogP contribution in [0.25, 0.3) is 0 Å². The molecule has 4 heteroatoms. The molecule has 1 aromatic carbocycles. The first kappa shape index (κ1) is 12.6. The summed E-state index contributed by atoms with van der Waals surface area (Å²) in [5.74, 6) is 0.00713. The molecule has 3 nitrogen and oxygen atoms in total. The molecule has 1 rings (SSSR count). The molecule has 86 valence electrons. The molecule has 0 spiro atoms. The van der Waals surface area contributed by atoms with Crippen LogP contribution in [0.3, 0.4) is 0 Å². The van der Waals surface area contributed by atoms with Crippen molar-refractivity contribution in [2.75, 3.05) is 7.05 Å². The number of nitrogens with zero attached hydrogens (tertiary/aromatic N) is 2. The van der Waals surface area contributed by atoms with Crippen molar-refractivity contribution in [1.82, 2.24) is 4.67 Å². The molecular formula is C12H18N2OSi. The lowest BCUT2D eigenvalue weighted by atomic mass is 10.1. The molecule has 0 aromatic heterocycles. The summed E-state index contributed by atoms with van der Waals surface area (Å²) >= 11 is 0. The van der Waals surface area contributed by atoms with Crippen LogP contribution in [0.2, 0.25) is 13.1 Å². The van der Waals surface area contributed by atoms with Crippen LogP contribution in [-0.2, 0) is 4.79 Å². The summed E-state index contributed by atoms with van der Waals surface area (Å²) in [5.41, 5.74) is 1.43. The number of carbonyl (C=O) groups is 1. The molecule has 0 radical (unpaired) electrons. The molecule has 0 aliphatic carbocycles. The van der Waals surface area contributed by atoms with Crippen molar-refractivity contribution in [2.24, 2.45) is 5.10 Å². The van der Waals surface area contributed by atoms with E-state index in [-0.39, 0.29) is 5.78 Å². The predicted octanol–water partition coefficient (Wildman–Crippen LogP) is 1.89. The molecule has 0 fully saturated rings. The Hall–Kier alpha value is -1.42. The SMILES string of the molecule is CC(=O)C(=NN(C)[SiH](C)C)c1ccccc1. The van der Waals surface area contributed by atoms with Gasteiger partial charge < -0.3 is 4.67 Å². The van der Waals surface area contributed by atoms with Gasteiger partial charge in [-0.2, -0.15) is 5.10 Å². The van der Waals surface area contributed by atoms with Crippen LogP contribution >= 0.6 is 0 Å². The molecule has 1 aromatic rings. The third-order valence-electron chi connectivity index (χ3n) is 2.39. The minimum atomic E-state index is -0.992. The fourth-order valence-electron chi connectivity index (χ4n) is 1.20. The van der Waals surface area contributed by atoms with Gasteiger partial charge in [0, 0.05) is 19.5 Å². The Kier molecular flexibility index (Phi) is 4.43. The number of ketones is 1. The average molecular weight is 234 g/mol. The van der Waals surface area contributed by atoms with E-state index in [4.69, 9.17) is 0 Å². The molecule has 0 saturated heterocycles. The zero-order chi connectivity index (χ0) is 12.1. The Balaban J connectivity index is 3.06. The number of carbonyl (C=O) groups excluding carboxylic acids is 1. The van der Waals surface area contributed by atoms with Crippen molar-refractivity contribution in [1.29, 1.82) is 0 Å². The number of hydrazone groups is 1. The van der Waals surface area contributed by atoms with Crippen molar-refractivity contribution in [3.05, 3.63) is 35.9 Å². The summed E-state index contributed by atoms with van der Waals surface area (Å²) < 4.78 is 1.93. The molecule has 0 aliphatic heterocycles. The van der Waals surface area contributed by atoms with Crippen molar-refractivity contribution in [3.63, 3.8) is 0 Å². The summed E-state index contributed by atoms with van der Waals surface area (Å²) in [5, 5.41) is 4.41. The van der Waals surface area contributed by atoms with Crippen molar-refractivity contribution < 1.29 is 4.79 Å². The first-order chi connectivity index (χ1) is 7.52. The number of hydrogen-bond donors (Lipinski definition) is 0. The monoisotopic (exact) mass is 234 g/mol. The lowest BCUT2D eigenvalue weighted by molar-refractivity contribution is -0.111. The fourth-order valence-corrected chi connectivity index (χ4v) is 1.55. The molecular weight excluding hydrogens is 216 g/mol. The van der Waals surface area contributed by atoms with Crippen molar-refractivity contribution in [2.45, 2.75) is 20.0 Å². The standard InChI is InChI=1S/C12H18N2OSi/c1-10(15)12(13-14(2)16(3)4)11-8-6-5-7-9-11/h5-9,16H,1-4H3. The Morgan fingerprint density at radius 1 is 1.25 bits per heavy atom. The van der Waals surface area contributed by atoms with E-state index in [1.807, 2.05) is 42.1 Å². The summed E-state index contributed by atoms with van der Waals surface area (Å²) in [6.07, 6.45) is 0. The van der Waals surface area contributed by atoms with Crippen LogP contribution in [0.5, 0.6) is 0 Å². The van der Waals surface area contributed by atoms with Crippen LogP contribution in [0.1, 0.15) is 12.5 Å². The number of benzene rings is 1. The van der Waals surface area contributed by atoms with Crippen LogP contribution in [-0.4, -0.2) is 32.2 Å². The molecule has 0 atom stereocenters. The van der Waals surface area contributed by atoms with Crippen LogP contribution in [0, 0.1) is 0 Å². The molecule has 0 amide bonds. The summed E-state index contributed by atoms with van der Waals surface area (Å²) in [6, 6.07) is 9.59. The van der Waals surface area contributed by atoms with Crippen LogP contribution in [0.4, 0.5) is 0 Å². The lowest BCUT2D eigenvalue weighted by Crippen LogP contribution is -2.28. The molecule has 16 heavy (non-hydrogen) atoms. The van der Waals surface area contributed by atoms with Gasteiger partial charge in [0.05, 0.1) is 0 Å². The normalized spacial score (nSPS) is 11.7. The minimum Gasteiger partial charge on any atom is -0.330 e. The topological polar surface area (TPSA) is 32.7 Å². The number of hydrogen-bond acceptors (Lipinski definition) is 3. The van der Waals surface area contributed by atoms with Crippen LogP contribution in [0.15, 0.2) is 35.4 Å². The molecule has 0 N–H and O–H groups in total. The van der Waals surface area contributed by atoms with Gasteiger partial charge in [0.15, 0.2) is 14.7 Å². The molecule has 0 bridgehead atoms. The minimum absolute atomic E-state index is 0.00713. The second-order valence-corrected chi connectivity index (χ2v) is 6.97. The smallest absolute Gasteiger partial charge is 0.180 e. The lowest BCUT2D eigenvalue weighted by Gasteiger charge is -2.18. The van der Waals surface area contributed by atoms with Crippen molar-refractivity contribution >= 4 is 20.5 Å². The van der Waals surface area contributed by atoms with Crippen LogP contribution < -0.4 is 0 Å². The van der Waals surface area contributed by atoms with Gasteiger partial charge in [0.25, 0.3) is 0 Å². The average Bonchev–Trinajstić information content (AvgIpc) is 2.26. The highest BCUT2D eigenvalue weighted by molar-refractivity contribution is 6.53. The predicted molar refractivity (Wildman–Crippen MR) is 70.3 cm³/mol. The van der Waals surface area contributed by atoms with E-state index in [2.05, 4.69) is 18.2 Å². The van der Waals surface area contributed by atoms with E-state index in [0.717, 1.165) is 5.56 Å². The van der Waals surface area contributed by atoms with Gasteiger partial charge in [-0.15, -0.1) is 0 Å². The summed E-state index contributed by atoms with van der Waals surface area (Å²) in [4.78, 5) is 11.6. The molecule has 0 heterocycles. The highest BCUT2D eigenvalue weighted by atomic mass is 28.3. The fraction of sp³-hybridized carbons (Fsp3) is 0.333. The van der Waals surface area contributed by atoms with Gasteiger partial charge in [-0.05, 0) is 0 Å². The Labute approximate surface area is 98.5 Å². The van der Waals surface area contributed by atoms with Gasteiger partial charge in [0.1, 0.15) is 5.71 Å². The van der Waals surface area contributed by atoms with Gasteiger partial charge in [0.2, 0.25) is 0 Å². The Morgan fingerprint density at radius 2 is 1.81 bits per heavy atom. The highest BCUT2D eigenvalue weighted by Gasteiger charge is 2.11. The maximum atomic E-state index is 11.6. The maximum Gasteiger partial charge on any atom is 0.180 e. The Bertz CT molecular complexity index is 387. The third kappa shape index (κ3) is 3.31. The zero-order valence-corrected chi connectivity index (χ0v) is 11.4. The van der Waals surface area contributed by atoms with Gasteiger partial charge in [-0.1, -0.05) is 43.4 Å². The highest BCUT2D eigenvalue weighted by Crippen LogP contribution is 2.04.